The van der Waals surface area contributed by atoms with Crippen LogP contribution >= 0.6 is 11.3 Å². The number of ether oxygens (including phenoxy) is 1. The fourth-order valence-electron chi connectivity index (χ4n) is 1.68. The Hall–Kier alpha value is -2.48. The van der Waals surface area contributed by atoms with Crippen LogP contribution in [0.3, 0.4) is 0 Å². The maximum atomic E-state index is 5.84. The van der Waals surface area contributed by atoms with Crippen LogP contribution in [0.15, 0.2) is 39.7 Å². The van der Waals surface area contributed by atoms with Crippen LogP contribution in [-0.2, 0) is 4.84 Å². The molecule has 0 saturated carbocycles. The number of oxime groups is 1. The Bertz CT molecular complexity index is 726. The van der Waals surface area contributed by atoms with Gasteiger partial charge in [0, 0.05) is 0 Å². The van der Waals surface area contributed by atoms with Gasteiger partial charge in [-0.1, -0.05) is 5.16 Å². The van der Waals surface area contributed by atoms with E-state index in [1.54, 1.807) is 16.8 Å². The number of hydrogen-bond acceptors (Lipinski definition) is 8. The molecular weight excluding hydrogens is 292 g/mol. The van der Waals surface area contributed by atoms with Crippen LogP contribution < -0.4 is 4.74 Å². The Kier molecular flexibility index (Phi) is 4.06. The summed E-state index contributed by atoms with van der Waals surface area (Å²) in [4.78, 5) is 9.17. The predicted molar refractivity (Wildman–Crippen MR) is 77.4 cm³/mol. The summed E-state index contributed by atoms with van der Waals surface area (Å²) < 4.78 is 12.0. The van der Waals surface area contributed by atoms with Crippen molar-refractivity contribution < 1.29 is 14.0 Å². The molecular formula is C13H12N4O3S. The first kappa shape index (κ1) is 13.5. The Labute approximate surface area is 124 Å². The normalized spacial score (nSPS) is 12.8. The van der Waals surface area contributed by atoms with E-state index < -0.39 is 6.10 Å². The van der Waals surface area contributed by atoms with Gasteiger partial charge in [0.05, 0.1) is 21.9 Å². The second kappa shape index (κ2) is 6.31. The van der Waals surface area contributed by atoms with E-state index in [0.717, 1.165) is 10.2 Å². The molecule has 0 N–H and O–H groups in total. The molecule has 0 aliphatic rings. The molecule has 0 aliphatic heterocycles. The third-order valence-corrected chi connectivity index (χ3v) is 3.38. The average molecular weight is 304 g/mol. The molecule has 21 heavy (non-hydrogen) atoms. The molecule has 108 valence electrons. The van der Waals surface area contributed by atoms with E-state index in [1.807, 2.05) is 25.1 Å². The third kappa shape index (κ3) is 3.16. The number of aromatic nitrogens is 3. The minimum atomic E-state index is -0.607. The van der Waals surface area contributed by atoms with Gasteiger partial charge in [-0.25, -0.2) is 4.98 Å². The summed E-state index contributed by atoms with van der Waals surface area (Å²) in [6.45, 7) is 2.32. The molecule has 0 fully saturated rings. The predicted octanol–water partition coefficient (Wildman–Crippen LogP) is 2.82. The molecule has 2 heterocycles. The molecule has 0 aliphatic carbocycles. The lowest BCUT2D eigenvalue weighted by Gasteiger charge is -2.11. The van der Waals surface area contributed by atoms with Gasteiger partial charge in [-0.3, -0.25) is 0 Å². The second-order valence-electron chi connectivity index (χ2n) is 3.97. The molecule has 2 aromatic heterocycles. The molecule has 1 unspecified atom stereocenters. The van der Waals surface area contributed by atoms with Gasteiger partial charge in [-0.2, -0.15) is 0 Å². The van der Waals surface area contributed by atoms with Crippen molar-refractivity contribution >= 4 is 27.8 Å². The largest absolute Gasteiger partial charge is 0.475 e. The van der Waals surface area contributed by atoms with Crippen molar-refractivity contribution in [1.82, 2.24) is 15.2 Å². The van der Waals surface area contributed by atoms with Gasteiger partial charge >= 0.3 is 0 Å². The van der Waals surface area contributed by atoms with Crippen molar-refractivity contribution in [3.05, 3.63) is 36.0 Å². The Morgan fingerprint density at radius 3 is 3.24 bits per heavy atom. The zero-order valence-electron chi connectivity index (χ0n) is 11.2. The van der Waals surface area contributed by atoms with Crippen LogP contribution in [0.25, 0.3) is 10.2 Å². The third-order valence-electron chi connectivity index (χ3n) is 2.59. The van der Waals surface area contributed by atoms with E-state index in [1.165, 1.54) is 12.6 Å². The van der Waals surface area contributed by atoms with Gasteiger partial charge < -0.3 is 14.0 Å². The first-order valence-corrected chi connectivity index (χ1v) is 7.16. The summed E-state index contributed by atoms with van der Waals surface area (Å²) in [5.41, 5.74) is 2.73. The van der Waals surface area contributed by atoms with E-state index in [9.17, 15) is 0 Å². The summed E-state index contributed by atoms with van der Waals surface area (Å²) in [5, 5.41) is 11.3. The van der Waals surface area contributed by atoms with Gasteiger partial charge in [-0.05, 0) is 25.1 Å². The highest BCUT2D eigenvalue weighted by Gasteiger charge is 2.17. The molecule has 3 rings (SSSR count). The van der Waals surface area contributed by atoms with E-state index in [4.69, 9.17) is 14.0 Å². The zero-order chi connectivity index (χ0) is 14.5. The number of fused-ring (bicyclic) bond motifs is 1. The molecule has 1 atom stereocenters. The monoisotopic (exact) mass is 304 g/mol. The van der Waals surface area contributed by atoms with Crippen LogP contribution in [0, 0.1) is 0 Å². The Morgan fingerprint density at radius 2 is 2.43 bits per heavy atom. The number of benzene rings is 1. The maximum absolute atomic E-state index is 5.84. The maximum Gasteiger partial charge on any atom is 0.262 e. The highest BCUT2D eigenvalue weighted by atomic mass is 32.1. The van der Waals surface area contributed by atoms with E-state index in [0.29, 0.717) is 18.2 Å². The first-order valence-electron chi connectivity index (χ1n) is 6.28. The fourth-order valence-corrected chi connectivity index (χ4v) is 2.38. The van der Waals surface area contributed by atoms with Crippen LogP contribution in [0.4, 0.5) is 0 Å². The van der Waals surface area contributed by atoms with E-state index >= 15 is 0 Å². The quantitative estimate of drug-likeness (QED) is 0.514. The highest BCUT2D eigenvalue weighted by Crippen LogP contribution is 2.26. The number of rotatable bonds is 6. The summed E-state index contributed by atoms with van der Waals surface area (Å²) in [6.07, 6.45) is 2.12. The van der Waals surface area contributed by atoms with Gasteiger partial charge in [0.1, 0.15) is 12.4 Å². The molecule has 0 bridgehead atoms. The van der Waals surface area contributed by atoms with Crippen molar-refractivity contribution in [2.24, 2.45) is 5.16 Å². The topological polar surface area (TPSA) is 82.6 Å². The molecule has 0 saturated heterocycles. The SMILES string of the molecule is CCON=CC(Oc1ccc2ncsc2c1)c1nnco1. The van der Waals surface area contributed by atoms with Crippen molar-refractivity contribution in [3.63, 3.8) is 0 Å². The summed E-state index contributed by atoms with van der Waals surface area (Å²) in [6, 6.07) is 5.64. The summed E-state index contributed by atoms with van der Waals surface area (Å²) >= 11 is 1.55. The molecule has 0 amide bonds. The van der Waals surface area contributed by atoms with E-state index in [-0.39, 0.29) is 0 Å². The van der Waals surface area contributed by atoms with Crippen molar-refractivity contribution in [2.75, 3.05) is 6.61 Å². The second-order valence-corrected chi connectivity index (χ2v) is 4.86. The lowest BCUT2D eigenvalue weighted by atomic mass is 10.3. The molecule has 3 aromatic rings. The lowest BCUT2D eigenvalue weighted by Crippen LogP contribution is -2.10. The van der Waals surface area contributed by atoms with Gasteiger partial charge in [0.15, 0.2) is 0 Å². The molecule has 8 heteroatoms. The number of hydrogen-bond donors (Lipinski definition) is 0. The van der Waals surface area contributed by atoms with Gasteiger partial charge in [0.2, 0.25) is 12.5 Å². The smallest absolute Gasteiger partial charge is 0.262 e. The van der Waals surface area contributed by atoms with E-state index in [2.05, 4.69) is 20.3 Å². The molecule has 7 nitrogen and oxygen atoms in total. The van der Waals surface area contributed by atoms with Crippen molar-refractivity contribution in [2.45, 2.75) is 13.0 Å². The van der Waals surface area contributed by atoms with Gasteiger partial charge in [-0.15, -0.1) is 21.5 Å². The first-order chi connectivity index (χ1) is 10.4. The zero-order valence-corrected chi connectivity index (χ0v) is 12.0. The number of thiazole rings is 1. The molecule has 0 spiro atoms. The summed E-state index contributed by atoms with van der Waals surface area (Å²) in [7, 11) is 0. The highest BCUT2D eigenvalue weighted by molar-refractivity contribution is 7.16. The summed E-state index contributed by atoms with van der Waals surface area (Å²) in [5.74, 6) is 0.973. The Morgan fingerprint density at radius 1 is 1.48 bits per heavy atom. The van der Waals surface area contributed by atoms with Crippen LogP contribution in [0.2, 0.25) is 0 Å². The fraction of sp³-hybridized carbons (Fsp3) is 0.231. The minimum absolute atomic E-state index is 0.308. The standard InChI is InChI=1S/C13H12N4O3S/c1-2-19-16-6-11(13-17-15-7-18-13)20-9-3-4-10-12(5-9)21-8-14-10/h3-8,11H,2H2,1H3. The van der Waals surface area contributed by atoms with Crippen LogP contribution in [0.5, 0.6) is 5.75 Å². The number of nitrogens with zero attached hydrogens (tertiary/aromatic N) is 4. The van der Waals surface area contributed by atoms with Crippen LogP contribution in [-0.4, -0.2) is 28.0 Å². The van der Waals surface area contributed by atoms with Crippen molar-refractivity contribution in [1.29, 1.82) is 0 Å². The Balaban J connectivity index is 1.82. The lowest BCUT2D eigenvalue weighted by molar-refractivity contribution is 0.153. The van der Waals surface area contributed by atoms with Gasteiger partial charge in [0.25, 0.3) is 5.89 Å². The average Bonchev–Trinajstić information content (AvgIpc) is 3.17. The molecule has 0 radical (unpaired) electrons. The van der Waals surface area contributed by atoms with Crippen molar-refractivity contribution in [3.8, 4) is 5.75 Å². The minimum Gasteiger partial charge on any atom is -0.475 e. The molecule has 1 aromatic carbocycles. The van der Waals surface area contributed by atoms with Crippen LogP contribution in [0.1, 0.15) is 18.9 Å².